The van der Waals surface area contributed by atoms with E-state index < -0.39 is 0 Å². The first-order valence-corrected chi connectivity index (χ1v) is 7.70. The maximum absolute atomic E-state index is 5.60. The smallest absolute Gasteiger partial charge is 0.231 e. The maximum atomic E-state index is 5.60. The Hall–Kier alpha value is -1.48. The minimum atomic E-state index is 0.379. The van der Waals surface area contributed by atoms with Gasteiger partial charge in [-0.3, -0.25) is 0 Å². The largest absolute Gasteiger partial charge is 0.454 e. The van der Waals surface area contributed by atoms with Gasteiger partial charge < -0.3 is 14.0 Å². The molecule has 1 fully saturated rings. The quantitative estimate of drug-likeness (QED) is 0.533. The Balaban J connectivity index is 1.71. The summed E-state index contributed by atoms with van der Waals surface area (Å²) >= 11 is 0. The standard InChI is InChI=1S/C17H20NO2/c1-18-6-5-11-3-2-4-13(17(11)18)14-8-16-15(19-10-20-16)7-12(14)9-18/h3,7-8,13,17H,2,4-6,9-10H2,1H3/q+1/t13-,17-,18-/m0/s1. The zero-order chi connectivity index (χ0) is 13.3. The van der Waals surface area contributed by atoms with Gasteiger partial charge >= 0.3 is 0 Å². The van der Waals surface area contributed by atoms with Gasteiger partial charge in [0.15, 0.2) is 11.5 Å². The Morgan fingerprint density at radius 3 is 2.95 bits per heavy atom. The van der Waals surface area contributed by atoms with Crippen molar-refractivity contribution in [3.8, 4) is 11.5 Å². The molecule has 4 aliphatic rings. The number of quaternary nitrogens is 1. The van der Waals surface area contributed by atoms with Crippen LogP contribution in [-0.2, 0) is 6.54 Å². The number of ether oxygens (including phenoxy) is 2. The van der Waals surface area contributed by atoms with Gasteiger partial charge in [0.1, 0.15) is 12.6 Å². The number of likely N-dealkylation sites (N-methyl/N-ethyl adjacent to an activating group) is 1. The average Bonchev–Trinajstić information content (AvgIpc) is 3.03. The number of hydrogen-bond acceptors (Lipinski definition) is 2. The van der Waals surface area contributed by atoms with Crippen LogP contribution in [0.2, 0.25) is 0 Å². The molecule has 3 heterocycles. The molecule has 20 heavy (non-hydrogen) atoms. The van der Waals surface area contributed by atoms with Crippen molar-refractivity contribution in [3.05, 3.63) is 34.9 Å². The molecular weight excluding hydrogens is 250 g/mol. The fraction of sp³-hybridized carbons (Fsp3) is 0.529. The summed E-state index contributed by atoms with van der Waals surface area (Å²) in [4.78, 5) is 0. The van der Waals surface area contributed by atoms with Gasteiger partial charge in [-0.2, -0.15) is 0 Å². The van der Waals surface area contributed by atoms with Crippen LogP contribution in [0.1, 0.15) is 36.3 Å². The zero-order valence-corrected chi connectivity index (χ0v) is 11.9. The van der Waals surface area contributed by atoms with Crippen LogP contribution >= 0.6 is 0 Å². The summed E-state index contributed by atoms with van der Waals surface area (Å²) in [7, 11) is 2.44. The van der Waals surface area contributed by atoms with Crippen molar-refractivity contribution in [3.63, 3.8) is 0 Å². The van der Waals surface area contributed by atoms with Crippen molar-refractivity contribution in [2.45, 2.75) is 37.8 Å². The predicted molar refractivity (Wildman–Crippen MR) is 75.8 cm³/mol. The highest BCUT2D eigenvalue weighted by Gasteiger charge is 2.51. The zero-order valence-electron chi connectivity index (χ0n) is 11.9. The van der Waals surface area contributed by atoms with Crippen LogP contribution < -0.4 is 9.47 Å². The molecule has 3 aliphatic heterocycles. The Kier molecular flexibility index (Phi) is 2.01. The van der Waals surface area contributed by atoms with E-state index >= 15 is 0 Å². The molecule has 0 radical (unpaired) electrons. The van der Waals surface area contributed by atoms with E-state index in [1.54, 1.807) is 5.57 Å². The third-order valence-electron chi connectivity index (χ3n) is 5.79. The number of fused-ring (bicyclic) bond motifs is 3. The second kappa shape index (κ2) is 3.59. The maximum Gasteiger partial charge on any atom is 0.231 e. The van der Waals surface area contributed by atoms with Crippen molar-refractivity contribution in [2.24, 2.45) is 0 Å². The highest BCUT2D eigenvalue weighted by molar-refractivity contribution is 5.51. The number of benzene rings is 1. The molecule has 104 valence electrons. The summed E-state index contributed by atoms with van der Waals surface area (Å²) in [6.45, 7) is 2.81. The molecule has 0 bridgehead atoms. The molecular formula is C17H20NO2+. The lowest BCUT2D eigenvalue weighted by atomic mass is 9.75. The lowest BCUT2D eigenvalue weighted by molar-refractivity contribution is -0.935. The topological polar surface area (TPSA) is 18.5 Å². The van der Waals surface area contributed by atoms with Gasteiger partial charge in [0, 0.05) is 17.9 Å². The number of hydrogen-bond donors (Lipinski definition) is 0. The van der Waals surface area contributed by atoms with Gasteiger partial charge in [-0.15, -0.1) is 0 Å². The summed E-state index contributed by atoms with van der Waals surface area (Å²) in [5.41, 5.74) is 4.73. The Bertz CT molecular complexity index is 636. The Morgan fingerprint density at radius 1 is 1.20 bits per heavy atom. The normalized spacial score (nSPS) is 36.4. The predicted octanol–water partition coefficient (Wildman–Crippen LogP) is 2.95. The minimum absolute atomic E-state index is 0.379. The van der Waals surface area contributed by atoms with Crippen LogP contribution in [-0.4, -0.2) is 30.9 Å². The van der Waals surface area contributed by atoms with E-state index in [1.165, 1.54) is 41.4 Å². The molecule has 3 heteroatoms. The molecule has 1 aromatic carbocycles. The van der Waals surface area contributed by atoms with Crippen LogP contribution in [0.5, 0.6) is 11.5 Å². The first-order chi connectivity index (χ1) is 9.74. The van der Waals surface area contributed by atoms with Crippen molar-refractivity contribution in [2.75, 3.05) is 20.4 Å². The third-order valence-corrected chi connectivity index (χ3v) is 5.79. The highest BCUT2D eigenvalue weighted by Crippen LogP contribution is 2.52. The summed E-state index contributed by atoms with van der Waals surface area (Å²) in [5, 5.41) is 0. The molecule has 0 N–H and O–H groups in total. The summed E-state index contributed by atoms with van der Waals surface area (Å²) < 4.78 is 12.4. The fourth-order valence-corrected chi connectivity index (χ4v) is 4.97. The molecule has 3 nitrogen and oxygen atoms in total. The molecule has 0 saturated carbocycles. The van der Waals surface area contributed by atoms with Gasteiger partial charge in [-0.1, -0.05) is 6.08 Å². The van der Waals surface area contributed by atoms with Gasteiger partial charge in [-0.25, -0.2) is 0 Å². The van der Waals surface area contributed by atoms with Crippen molar-refractivity contribution in [1.82, 2.24) is 0 Å². The van der Waals surface area contributed by atoms with E-state index in [-0.39, 0.29) is 0 Å². The Labute approximate surface area is 119 Å². The van der Waals surface area contributed by atoms with Crippen LogP contribution in [0.15, 0.2) is 23.8 Å². The van der Waals surface area contributed by atoms with Crippen molar-refractivity contribution >= 4 is 0 Å². The minimum Gasteiger partial charge on any atom is -0.454 e. The second-order valence-electron chi connectivity index (χ2n) is 6.92. The van der Waals surface area contributed by atoms with Crippen LogP contribution in [0, 0.1) is 0 Å². The summed E-state index contributed by atoms with van der Waals surface area (Å²) in [6.07, 6.45) is 6.33. The number of rotatable bonds is 0. The fourth-order valence-electron chi connectivity index (χ4n) is 4.97. The average molecular weight is 270 g/mol. The molecule has 3 atom stereocenters. The van der Waals surface area contributed by atoms with Gasteiger partial charge in [-0.05, 0) is 36.1 Å². The van der Waals surface area contributed by atoms with E-state index in [4.69, 9.17) is 9.47 Å². The van der Waals surface area contributed by atoms with Crippen LogP contribution in [0.3, 0.4) is 0 Å². The highest BCUT2D eigenvalue weighted by atomic mass is 16.7. The third kappa shape index (κ3) is 1.29. The molecule has 5 rings (SSSR count). The Morgan fingerprint density at radius 2 is 2.05 bits per heavy atom. The second-order valence-corrected chi connectivity index (χ2v) is 6.92. The van der Waals surface area contributed by atoms with Gasteiger partial charge in [0.2, 0.25) is 6.79 Å². The van der Waals surface area contributed by atoms with Crippen molar-refractivity contribution in [1.29, 1.82) is 0 Å². The first-order valence-electron chi connectivity index (χ1n) is 7.70. The van der Waals surface area contributed by atoms with E-state index in [0.717, 1.165) is 24.1 Å². The monoisotopic (exact) mass is 270 g/mol. The molecule has 0 unspecified atom stereocenters. The molecule has 1 saturated heterocycles. The lowest BCUT2D eigenvalue weighted by Crippen LogP contribution is -2.53. The summed E-state index contributed by atoms with van der Waals surface area (Å²) in [6, 6.07) is 5.23. The van der Waals surface area contributed by atoms with Crippen LogP contribution in [0.25, 0.3) is 0 Å². The SMILES string of the molecule is C[N@+]12CCC3=CCC[C@@H](c4cc5c(cc4C1)OCO5)[C@H]32. The first kappa shape index (κ1) is 11.2. The van der Waals surface area contributed by atoms with E-state index in [9.17, 15) is 0 Å². The van der Waals surface area contributed by atoms with Gasteiger partial charge in [0.05, 0.1) is 13.6 Å². The number of allylic oxidation sites excluding steroid dienone is 1. The molecule has 1 aromatic rings. The van der Waals surface area contributed by atoms with Gasteiger partial charge in [0.25, 0.3) is 0 Å². The number of nitrogens with zero attached hydrogens (tertiary/aromatic N) is 1. The summed E-state index contributed by atoms with van der Waals surface area (Å²) in [5.74, 6) is 2.58. The molecule has 0 amide bonds. The van der Waals surface area contributed by atoms with E-state index in [1.807, 2.05) is 0 Å². The lowest BCUT2D eigenvalue weighted by Gasteiger charge is -2.46. The molecule has 1 aliphatic carbocycles. The van der Waals surface area contributed by atoms with E-state index in [2.05, 4.69) is 25.3 Å². The molecule has 0 spiro atoms. The molecule has 0 aromatic heterocycles. The van der Waals surface area contributed by atoms with Crippen molar-refractivity contribution < 1.29 is 14.0 Å². The van der Waals surface area contributed by atoms with Crippen LogP contribution in [0.4, 0.5) is 0 Å². The van der Waals surface area contributed by atoms with E-state index in [0.29, 0.717) is 12.7 Å².